The molecule has 24 heavy (non-hydrogen) atoms. The molecule has 6 heteroatoms. The molecule has 0 aliphatic rings. The lowest BCUT2D eigenvalue weighted by Crippen LogP contribution is -2.39. The fraction of sp³-hybridized carbons (Fsp3) is 0.278. The molecule has 3 N–H and O–H groups in total. The van der Waals surface area contributed by atoms with Crippen LogP contribution in [-0.2, 0) is 0 Å². The van der Waals surface area contributed by atoms with E-state index in [1.165, 1.54) is 0 Å². The van der Waals surface area contributed by atoms with Gasteiger partial charge in [0.15, 0.2) is 0 Å². The molecule has 0 saturated heterocycles. The van der Waals surface area contributed by atoms with E-state index in [4.69, 9.17) is 15.5 Å². The Morgan fingerprint density at radius 1 is 1.21 bits per heavy atom. The second-order valence-electron chi connectivity index (χ2n) is 6.38. The van der Waals surface area contributed by atoms with Gasteiger partial charge in [-0.1, -0.05) is 0 Å². The number of ether oxygens (including phenoxy) is 1. The number of fused-ring (bicyclic) bond motifs is 1. The zero-order valence-electron chi connectivity index (χ0n) is 14.1. The minimum atomic E-state index is -0.336. The molecule has 0 atom stereocenters. The van der Waals surface area contributed by atoms with Crippen molar-refractivity contribution in [2.75, 3.05) is 19.0 Å². The van der Waals surface area contributed by atoms with Crippen LogP contribution in [0.4, 0.5) is 5.82 Å². The summed E-state index contributed by atoms with van der Waals surface area (Å²) in [4.78, 5) is 13.1. The highest BCUT2D eigenvalue weighted by atomic mass is 16.5. The first-order valence-electron chi connectivity index (χ1n) is 7.74. The summed E-state index contributed by atoms with van der Waals surface area (Å²) in [5.41, 5.74) is 7.51. The Hall–Kier alpha value is -2.73. The van der Waals surface area contributed by atoms with Gasteiger partial charge in [0.2, 0.25) is 5.88 Å². The van der Waals surface area contributed by atoms with Crippen LogP contribution in [0, 0.1) is 0 Å². The van der Waals surface area contributed by atoms with Crippen LogP contribution in [0.1, 0.15) is 13.8 Å². The summed E-state index contributed by atoms with van der Waals surface area (Å²) in [6.45, 7) is 4.56. The average molecular weight is 323 g/mol. The molecule has 3 heterocycles. The minimum absolute atomic E-state index is 0.336. The zero-order valence-corrected chi connectivity index (χ0v) is 14.1. The van der Waals surface area contributed by atoms with Crippen molar-refractivity contribution in [3.05, 3.63) is 42.9 Å². The van der Waals surface area contributed by atoms with Crippen LogP contribution in [0.25, 0.3) is 22.0 Å². The third kappa shape index (κ3) is 3.60. The predicted octanol–water partition coefficient (Wildman–Crippen LogP) is 2.85. The van der Waals surface area contributed by atoms with Gasteiger partial charge in [0, 0.05) is 53.1 Å². The number of rotatable bonds is 5. The van der Waals surface area contributed by atoms with Crippen molar-refractivity contribution in [1.82, 2.24) is 15.0 Å². The van der Waals surface area contributed by atoms with Gasteiger partial charge in [0.1, 0.15) is 5.82 Å². The van der Waals surface area contributed by atoms with Crippen molar-refractivity contribution in [3.63, 3.8) is 0 Å². The molecule has 0 amide bonds. The summed E-state index contributed by atoms with van der Waals surface area (Å²) in [5, 5.41) is 5.38. The van der Waals surface area contributed by atoms with Crippen molar-refractivity contribution in [3.8, 4) is 17.1 Å². The molecule has 0 radical (unpaired) electrons. The summed E-state index contributed by atoms with van der Waals surface area (Å²) in [5.74, 6) is 1.34. The van der Waals surface area contributed by atoms with E-state index < -0.39 is 0 Å². The summed E-state index contributed by atoms with van der Waals surface area (Å²) in [6, 6.07) is 7.73. The van der Waals surface area contributed by atoms with Crippen molar-refractivity contribution < 1.29 is 4.74 Å². The first-order chi connectivity index (χ1) is 11.5. The van der Waals surface area contributed by atoms with E-state index in [0.29, 0.717) is 12.4 Å². The molecule has 0 bridgehead atoms. The Balaban J connectivity index is 2.08. The molecule has 124 valence electrons. The highest BCUT2D eigenvalue weighted by molar-refractivity contribution is 5.94. The zero-order chi connectivity index (χ0) is 17.2. The van der Waals surface area contributed by atoms with Crippen LogP contribution < -0.4 is 15.8 Å². The molecule has 0 aliphatic heterocycles. The van der Waals surface area contributed by atoms with Crippen LogP contribution in [-0.4, -0.2) is 34.1 Å². The Kier molecular flexibility index (Phi) is 4.31. The lowest BCUT2D eigenvalue weighted by Gasteiger charge is -2.20. The van der Waals surface area contributed by atoms with Crippen molar-refractivity contribution in [2.24, 2.45) is 5.73 Å². The average Bonchev–Trinajstić information content (AvgIpc) is 2.58. The highest BCUT2D eigenvalue weighted by Gasteiger charge is 2.13. The van der Waals surface area contributed by atoms with Crippen molar-refractivity contribution in [1.29, 1.82) is 0 Å². The molecule has 0 saturated carbocycles. The highest BCUT2D eigenvalue weighted by Crippen LogP contribution is 2.28. The molecule has 0 fully saturated rings. The SMILES string of the molecule is COc1cc(-c2cc3cnccc3c(NCC(C)(C)N)n2)ccn1. The topological polar surface area (TPSA) is 86.0 Å². The number of hydrogen-bond acceptors (Lipinski definition) is 6. The second kappa shape index (κ2) is 6.41. The van der Waals surface area contributed by atoms with E-state index in [0.717, 1.165) is 27.8 Å². The maximum absolute atomic E-state index is 6.09. The quantitative estimate of drug-likeness (QED) is 0.751. The molecule has 0 spiro atoms. The van der Waals surface area contributed by atoms with Gasteiger partial charge in [-0.05, 0) is 32.0 Å². The van der Waals surface area contributed by atoms with E-state index >= 15 is 0 Å². The first-order valence-corrected chi connectivity index (χ1v) is 7.74. The van der Waals surface area contributed by atoms with Gasteiger partial charge in [-0.2, -0.15) is 0 Å². The predicted molar refractivity (Wildman–Crippen MR) is 96.1 cm³/mol. The lowest BCUT2D eigenvalue weighted by atomic mass is 10.1. The Morgan fingerprint density at radius 2 is 2.04 bits per heavy atom. The normalized spacial score (nSPS) is 11.5. The number of nitrogens with zero attached hydrogens (tertiary/aromatic N) is 3. The number of anilines is 1. The van der Waals surface area contributed by atoms with E-state index in [1.54, 1.807) is 19.5 Å². The van der Waals surface area contributed by atoms with Gasteiger partial charge in [0.05, 0.1) is 12.8 Å². The maximum atomic E-state index is 6.09. The Labute approximate surface area is 141 Å². The van der Waals surface area contributed by atoms with Crippen molar-refractivity contribution in [2.45, 2.75) is 19.4 Å². The third-order valence-corrected chi connectivity index (χ3v) is 3.58. The molecule has 0 unspecified atom stereocenters. The van der Waals surface area contributed by atoms with E-state index in [1.807, 2.05) is 44.3 Å². The largest absolute Gasteiger partial charge is 0.481 e. The number of aromatic nitrogens is 3. The summed E-state index contributed by atoms with van der Waals surface area (Å²) in [6.07, 6.45) is 5.30. The monoisotopic (exact) mass is 323 g/mol. The molecule has 3 aromatic heterocycles. The fourth-order valence-electron chi connectivity index (χ4n) is 2.37. The number of hydrogen-bond donors (Lipinski definition) is 2. The van der Waals surface area contributed by atoms with Crippen LogP contribution in [0.5, 0.6) is 5.88 Å². The van der Waals surface area contributed by atoms with Gasteiger partial charge in [0.25, 0.3) is 0 Å². The van der Waals surface area contributed by atoms with Crippen LogP contribution in [0.3, 0.4) is 0 Å². The van der Waals surface area contributed by atoms with Gasteiger partial charge in [-0.25, -0.2) is 9.97 Å². The van der Waals surface area contributed by atoms with Gasteiger partial charge in [-0.3, -0.25) is 4.98 Å². The molecule has 3 aromatic rings. The molecule has 6 nitrogen and oxygen atoms in total. The lowest BCUT2D eigenvalue weighted by molar-refractivity contribution is 0.398. The molecule has 0 aliphatic carbocycles. The standard InChI is InChI=1S/C18H21N5O/c1-18(2,19)11-22-17-14-5-6-20-10-13(14)8-15(23-17)12-4-7-21-16(9-12)24-3/h4-10H,11,19H2,1-3H3,(H,22,23). The second-order valence-corrected chi connectivity index (χ2v) is 6.38. The summed E-state index contributed by atoms with van der Waals surface area (Å²) < 4.78 is 5.20. The molecule has 3 rings (SSSR count). The minimum Gasteiger partial charge on any atom is -0.481 e. The summed E-state index contributed by atoms with van der Waals surface area (Å²) in [7, 11) is 1.60. The smallest absolute Gasteiger partial charge is 0.213 e. The molecular formula is C18H21N5O. The first kappa shape index (κ1) is 16.1. The third-order valence-electron chi connectivity index (χ3n) is 3.58. The number of pyridine rings is 3. The van der Waals surface area contributed by atoms with Crippen LogP contribution >= 0.6 is 0 Å². The fourth-order valence-corrected chi connectivity index (χ4v) is 2.37. The maximum Gasteiger partial charge on any atom is 0.213 e. The number of methoxy groups -OCH3 is 1. The van der Waals surface area contributed by atoms with Gasteiger partial charge >= 0.3 is 0 Å². The number of nitrogens with two attached hydrogens (primary N) is 1. The van der Waals surface area contributed by atoms with Crippen LogP contribution in [0.15, 0.2) is 42.9 Å². The van der Waals surface area contributed by atoms with Gasteiger partial charge in [-0.15, -0.1) is 0 Å². The van der Waals surface area contributed by atoms with E-state index in [9.17, 15) is 0 Å². The summed E-state index contributed by atoms with van der Waals surface area (Å²) >= 11 is 0. The van der Waals surface area contributed by atoms with Crippen LogP contribution in [0.2, 0.25) is 0 Å². The number of nitrogens with one attached hydrogen (secondary N) is 1. The Morgan fingerprint density at radius 3 is 2.79 bits per heavy atom. The van der Waals surface area contributed by atoms with Gasteiger partial charge < -0.3 is 15.8 Å². The Bertz CT molecular complexity index is 857. The molecular weight excluding hydrogens is 302 g/mol. The van der Waals surface area contributed by atoms with E-state index in [2.05, 4.69) is 15.3 Å². The van der Waals surface area contributed by atoms with E-state index in [-0.39, 0.29) is 5.54 Å². The molecule has 0 aromatic carbocycles. The van der Waals surface area contributed by atoms with Crippen molar-refractivity contribution >= 4 is 16.6 Å².